The number of aromatic nitrogens is 1. The van der Waals surface area contributed by atoms with E-state index in [0.717, 1.165) is 5.56 Å². The summed E-state index contributed by atoms with van der Waals surface area (Å²) in [5, 5.41) is 15.3. The molecular formula is C22H19FN4O3S. The maximum absolute atomic E-state index is 13.9. The van der Waals surface area contributed by atoms with Gasteiger partial charge in [0, 0.05) is 10.9 Å². The van der Waals surface area contributed by atoms with Crippen molar-refractivity contribution in [3.8, 4) is 11.8 Å². The minimum atomic E-state index is -0.471. The summed E-state index contributed by atoms with van der Waals surface area (Å²) < 4.78 is 24.4. The molecule has 3 rings (SSSR count). The maximum atomic E-state index is 13.9. The van der Waals surface area contributed by atoms with Gasteiger partial charge in [0.25, 0.3) is 0 Å². The third-order valence-corrected chi connectivity index (χ3v) is 4.81. The van der Waals surface area contributed by atoms with Gasteiger partial charge in [-0.05, 0) is 48.9 Å². The first-order valence-corrected chi connectivity index (χ1v) is 10.3. The Balaban J connectivity index is 1.49. The summed E-state index contributed by atoms with van der Waals surface area (Å²) in [5.74, 6) is -0.203. The molecule has 0 aliphatic rings. The molecule has 3 aromatic rings. The number of thiazole rings is 1. The fraction of sp³-hybridized carbons (Fsp3) is 0.182. The van der Waals surface area contributed by atoms with Gasteiger partial charge in [0.1, 0.15) is 18.2 Å². The molecule has 0 amide bonds. The van der Waals surface area contributed by atoms with Gasteiger partial charge in [-0.25, -0.2) is 9.37 Å². The van der Waals surface area contributed by atoms with Gasteiger partial charge in [-0.1, -0.05) is 6.07 Å². The summed E-state index contributed by atoms with van der Waals surface area (Å²) in [6.07, 6.45) is 1.75. The van der Waals surface area contributed by atoms with Crippen LogP contribution in [0, 0.1) is 17.1 Å². The molecule has 1 N–H and O–H groups in total. The van der Waals surface area contributed by atoms with Gasteiger partial charge in [-0.15, -0.1) is 11.3 Å². The lowest BCUT2D eigenvalue weighted by Gasteiger charge is -2.07. The van der Waals surface area contributed by atoms with Crippen LogP contribution in [-0.2, 0) is 22.6 Å². The molecule has 0 aliphatic heterocycles. The van der Waals surface area contributed by atoms with E-state index in [0.29, 0.717) is 28.7 Å². The van der Waals surface area contributed by atoms with Crippen molar-refractivity contribution in [1.29, 1.82) is 5.26 Å². The second kappa shape index (κ2) is 10.8. The average molecular weight is 438 g/mol. The van der Waals surface area contributed by atoms with E-state index in [1.165, 1.54) is 23.5 Å². The van der Waals surface area contributed by atoms with E-state index in [1.54, 1.807) is 36.7 Å². The molecule has 31 heavy (non-hydrogen) atoms. The summed E-state index contributed by atoms with van der Waals surface area (Å²) in [6.45, 7) is 2.16. The van der Waals surface area contributed by atoms with Gasteiger partial charge in [-0.2, -0.15) is 10.4 Å². The predicted molar refractivity (Wildman–Crippen MR) is 116 cm³/mol. The van der Waals surface area contributed by atoms with Crippen molar-refractivity contribution in [3.63, 3.8) is 0 Å². The molecule has 0 atom stereocenters. The number of halogens is 1. The number of nitrogens with one attached hydrogen (secondary N) is 1. The molecule has 9 heteroatoms. The van der Waals surface area contributed by atoms with Crippen LogP contribution in [0.15, 0.2) is 52.9 Å². The number of nitriles is 1. The molecule has 0 saturated heterocycles. The zero-order valence-electron chi connectivity index (χ0n) is 16.7. The minimum Gasteiger partial charge on any atom is -0.489 e. The largest absolute Gasteiger partial charge is 0.489 e. The summed E-state index contributed by atoms with van der Waals surface area (Å²) >= 11 is 1.34. The first-order chi connectivity index (χ1) is 15.1. The summed E-state index contributed by atoms with van der Waals surface area (Å²) in [7, 11) is 0. The van der Waals surface area contributed by atoms with E-state index in [2.05, 4.69) is 15.5 Å². The first-order valence-electron chi connectivity index (χ1n) is 9.38. The smallest absolute Gasteiger partial charge is 0.311 e. The monoisotopic (exact) mass is 438 g/mol. The molecule has 0 saturated carbocycles. The number of rotatable bonds is 9. The molecule has 1 heterocycles. The van der Waals surface area contributed by atoms with Gasteiger partial charge in [0.15, 0.2) is 0 Å². The second-order valence-electron chi connectivity index (χ2n) is 6.27. The van der Waals surface area contributed by atoms with Crippen molar-refractivity contribution in [3.05, 3.63) is 76.0 Å². The van der Waals surface area contributed by atoms with Crippen LogP contribution in [0.25, 0.3) is 0 Å². The Morgan fingerprint density at radius 1 is 1.32 bits per heavy atom. The van der Waals surface area contributed by atoms with Crippen molar-refractivity contribution in [2.75, 3.05) is 12.0 Å². The zero-order chi connectivity index (χ0) is 22.1. The molecule has 1 aromatic heterocycles. The lowest BCUT2D eigenvalue weighted by Crippen LogP contribution is -2.07. The van der Waals surface area contributed by atoms with E-state index in [1.807, 2.05) is 18.2 Å². The van der Waals surface area contributed by atoms with Crippen molar-refractivity contribution in [2.24, 2.45) is 5.10 Å². The third kappa shape index (κ3) is 6.62. The molecule has 0 radical (unpaired) electrons. The van der Waals surface area contributed by atoms with Crippen LogP contribution in [0.2, 0.25) is 0 Å². The second-order valence-corrected chi connectivity index (χ2v) is 7.13. The van der Waals surface area contributed by atoms with Gasteiger partial charge in [-0.3, -0.25) is 10.2 Å². The molecule has 2 aromatic carbocycles. The number of hydrogen-bond donors (Lipinski definition) is 1. The fourth-order valence-electron chi connectivity index (χ4n) is 2.51. The quantitative estimate of drug-likeness (QED) is 0.304. The van der Waals surface area contributed by atoms with E-state index in [4.69, 9.17) is 14.7 Å². The molecular weight excluding hydrogens is 419 g/mol. The van der Waals surface area contributed by atoms with E-state index < -0.39 is 5.82 Å². The van der Waals surface area contributed by atoms with Gasteiger partial charge in [0.05, 0.1) is 36.6 Å². The number of benzene rings is 2. The molecule has 158 valence electrons. The van der Waals surface area contributed by atoms with Crippen LogP contribution in [0.4, 0.5) is 9.52 Å². The number of esters is 1. The number of anilines is 1. The Morgan fingerprint density at radius 3 is 2.84 bits per heavy atom. The zero-order valence-corrected chi connectivity index (χ0v) is 17.5. The SMILES string of the molecule is CCOC(=O)Cc1csc(NN=Cc2ccc(OCc3ccc(C#N)cc3F)cc2)n1. The maximum Gasteiger partial charge on any atom is 0.311 e. The normalized spacial score (nSPS) is 10.6. The number of carbonyl (C=O) groups excluding carboxylic acids is 1. The van der Waals surface area contributed by atoms with Crippen LogP contribution >= 0.6 is 11.3 Å². The number of hydrazone groups is 1. The van der Waals surface area contributed by atoms with E-state index in [9.17, 15) is 9.18 Å². The Hall–Kier alpha value is -3.77. The Morgan fingerprint density at radius 2 is 2.13 bits per heavy atom. The Labute approximate surface area is 182 Å². The van der Waals surface area contributed by atoms with Crippen molar-refractivity contribution >= 4 is 28.7 Å². The molecule has 0 spiro atoms. The summed E-state index contributed by atoms with van der Waals surface area (Å²) in [4.78, 5) is 15.7. The lowest BCUT2D eigenvalue weighted by molar-refractivity contribution is -0.142. The van der Waals surface area contributed by atoms with Gasteiger partial charge >= 0.3 is 5.97 Å². The number of hydrogen-bond acceptors (Lipinski definition) is 8. The lowest BCUT2D eigenvalue weighted by atomic mass is 10.1. The Bertz CT molecular complexity index is 1110. The number of carbonyl (C=O) groups is 1. The molecule has 0 bridgehead atoms. The highest BCUT2D eigenvalue weighted by Crippen LogP contribution is 2.17. The van der Waals surface area contributed by atoms with Crippen LogP contribution in [0.5, 0.6) is 5.75 Å². The summed E-state index contributed by atoms with van der Waals surface area (Å²) in [6, 6.07) is 13.3. The van der Waals surface area contributed by atoms with E-state index in [-0.39, 0.29) is 24.6 Å². The fourth-order valence-corrected chi connectivity index (χ4v) is 3.17. The molecule has 0 fully saturated rings. The van der Waals surface area contributed by atoms with Crippen LogP contribution < -0.4 is 10.2 Å². The minimum absolute atomic E-state index is 0.0602. The highest BCUT2D eigenvalue weighted by atomic mass is 32.1. The van der Waals surface area contributed by atoms with Crippen LogP contribution in [0.3, 0.4) is 0 Å². The van der Waals surface area contributed by atoms with Crippen molar-refractivity contribution in [1.82, 2.24) is 4.98 Å². The Kier molecular flexibility index (Phi) is 7.67. The van der Waals surface area contributed by atoms with Crippen molar-refractivity contribution < 1.29 is 18.7 Å². The van der Waals surface area contributed by atoms with E-state index >= 15 is 0 Å². The van der Waals surface area contributed by atoms with Gasteiger partial charge in [0.2, 0.25) is 5.13 Å². The van der Waals surface area contributed by atoms with Crippen LogP contribution in [0.1, 0.15) is 29.3 Å². The highest BCUT2D eigenvalue weighted by Gasteiger charge is 2.08. The molecule has 0 unspecified atom stereocenters. The highest BCUT2D eigenvalue weighted by molar-refractivity contribution is 7.13. The van der Waals surface area contributed by atoms with Crippen molar-refractivity contribution in [2.45, 2.75) is 20.0 Å². The third-order valence-electron chi connectivity index (χ3n) is 4.01. The van der Waals surface area contributed by atoms with Crippen LogP contribution in [-0.4, -0.2) is 23.8 Å². The molecule has 0 aliphatic carbocycles. The predicted octanol–water partition coefficient (Wildman–Crippen LogP) is 4.28. The number of nitrogens with zero attached hydrogens (tertiary/aromatic N) is 3. The first kappa shape index (κ1) is 21.9. The standard InChI is InChI=1S/C22H19FN4O3S/c1-2-29-21(28)10-18-14-31-22(26-18)27-25-12-15-4-7-19(8-5-15)30-13-17-6-3-16(11-24)9-20(17)23/h3-9,12,14H,2,10,13H2,1H3,(H,26,27). The average Bonchev–Trinajstić information content (AvgIpc) is 3.21. The topological polar surface area (TPSA) is 96.6 Å². The van der Waals surface area contributed by atoms with Gasteiger partial charge < -0.3 is 9.47 Å². The summed E-state index contributed by atoms with van der Waals surface area (Å²) in [5.41, 5.74) is 4.92. The number of ether oxygens (including phenoxy) is 2. The molecule has 7 nitrogen and oxygen atoms in total.